The van der Waals surface area contributed by atoms with E-state index in [2.05, 4.69) is 32.0 Å². The minimum absolute atomic E-state index is 0.00318. The summed E-state index contributed by atoms with van der Waals surface area (Å²) in [5, 5.41) is 0. The molecular weight excluding hydrogens is 248 g/mol. The number of nitrogens with two attached hydrogens (primary N) is 1. The second-order valence-electron chi connectivity index (χ2n) is 6.51. The first kappa shape index (κ1) is 15.0. The Morgan fingerprint density at radius 1 is 1.45 bits per heavy atom. The Labute approximate surface area is 122 Å². The summed E-state index contributed by atoms with van der Waals surface area (Å²) in [6, 6.07) is 6.38. The molecule has 1 aliphatic rings. The van der Waals surface area contributed by atoms with Crippen LogP contribution in [0.5, 0.6) is 0 Å². The zero-order chi connectivity index (χ0) is 14.9. The van der Waals surface area contributed by atoms with Crippen molar-refractivity contribution in [1.82, 2.24) is 4.90 Å². The molecule has 2 N–H and O–H groups in total. The minimum Gasteiger partial charge on any atom is -0.341 e. The maximum absolute atomic E-state index is 12.7. The average Bonchev–Trinajstić information content (AvgIpc) is 2.73. The van der Waals surface area contributed by atoms with Crippen LogP contribution in [-0.4, -0.2) is 23.9 Å². The lowest BCUT2D eigenvalue weighted by atomic mass is 9.83. The van der Waals surface area contributed by atoms with Gasteiger partial charge in [0.2, 0.25) is 5.91 Å². The lowest BCUT2D eigenvalue weighted by Gasteiger charge is -2.32. The first-order valence-electron chi connectivity index (χ1n) is 7.42. The predicted octanol–water partition coefficient (Wildman–Crippen LogP) is 2.78. The number of carbonyl (C=O) groups excluding carboxylic acids is 1. The van der Waals surface area contributed by atoms with Crippen LogP contribution in [0, 0.1) is 19.3 Å². The number of benzene rings is 1. The highest BCUT2D eigenvalue weighted by Crippen LogP contribution is 2.38. The van der Waals surface area contributed by atoms with Gasteiger partial charge in [0.05, 0.1) is 5.41 Å². The Morgan fingerprint density at radius 2 is 2.15 bits per heavy atom. The molecule has 0 heterocycles. The van der Waals surface area contributed by atoms with Crippen LogP contribution in [0.1, 0.15) is 42.9 Å². The van der Waals surface area contributed by atoms with E-state index in [1.165, 1.54) is 16.7 Å². The zero-order valence-corrected chi connectivity index (χ0v) is 13.1. The molecule has 1 aromatic carbocycles. The highest BCUT2D eigenvalue weighted by atomic mass is 16.2. The van der Waals surface area contributed by atoms with E-state index in [9.17, 15) is 4.79 Å². The summed E-state index contributed by atoms with van der Waals surface area (Å²) in [5.41, 5.74) is 9.47. The van der Waals surface area contributed by atoms with Crippen molar-refractivity contribution in [2.45, 2.75) is 52.6 Å². The van der Waals surface area contributed by atoms with E-state index in [1.54, 1.807) is 0 Å². The fraction of sp³-hybridized carbons (Fsp3) is 0.588. The van der Waals surface area contributed by atoms with Gasteiger partial charge in [-0.3, -0.25) is 4.79 Å². The quantitative estimate of drug-likeness (QED) is 0.921. The van der Waals surface area contributed by atoms with E-state index in [-0.39, 0.29) is 17.4 Å². The van der Waals surface area contributed by atoms with Crippen LogP contribution in [0.2, 0.25) is 0 Å². The summed E-state index contributed by atoms with van der Waals surface area (Å²) in [4.78, 5) is 14.5. The number of rotatable bonds is 3. The molecule has 1 fully saturated rings. The Balaban J connectivity index is 2.11. The van der Waals surface area contributed by atoms with E-state index in [0.29, 0.717) is 6.54 Å². The second-order valence-corrected chi connectivity index (χ2v) is 6.51. The minimum atomic E-state index is -0.382. The van der Waals surface area contributed by atoms with Crippen LogP contribution >= 0.6 is 0 Å². The van der Waals surface area contributed by atoms with Crippen molar-refractivity contribution in [3.63, 3.8) is 0 Å². The maximum Gasteiger partial charge on any atom is 0.230 e. The first-order chi connectivity index (χ1) is 9.34. The summed E-state index contributed by atoms with van der Waals surface area (Å²) >= 11 is 0. The smallest absolute Gasteiger partial charge is 0.230 e. The fourth-order valence-electron chi connectivity index (χ4n) is 3.25. The molecule has 0 aromatic heterocycles. The molecule has 2 unspecified atom stereocenters. The number of aryl methyl sites for hydroxylation is 2. The second kappa shape index (κ2) is 5.57. The van der Waals surface area contributed by atoms with E-state index >= 15 is 0 Å². The molecule has 0 saturated heterocycles. The number of hydrogen-bond donors (Lipinski definition) is 1. The normalized spacial score (nSPS) is 25.8. The van der Waals surface area contributed by atoms with E-state index in [1.807, 2.05) is 18.9 Å². The monoisotopic (exact) mass is 274 g/mol. The van der Waals surface area contributed by atoms with Gasteiger partial charge in [0.1, 0.15) is 0 Å². The van der Waals surface area contributed by atoms with Gasteiger partial charge in [0, 0.05) is 19.6 Å². The highest BCUT2D eigenvalue weighted by Gasteiger charge is 2.44. The van der Waals surface area contributed by atoms with Crippen LogP contribution in [0.3, 0.4) is 0 Å². The fourth-order valence-corrected chi connectivity index (χ4v) is 3.25. The van der Waals surface area contributed by atoms with Gasteiger partial charge in [-0.05, 0) is 44.7 Å². The summed E-state index contributed by atoms with van der Waals surface area (Å²) in [5.74, 6) is 0.183. The Hall–Kier alpha value is -1.35. The van der Waals surface area contributed by atoms with Gasteiger partial charge in [0.25, 0.3) is 0 Å². The molecule has 1 aromatic rings. The topological polar surface area (TPSA) is 46.3 Å². The summed E-state index contributed by atoms with van der Waals surface area (Å²) in [6.07, 6.45) is 2.92. The van der Waals surface area contributed by atoms with Crippen LogP contribution < -0.4 is 5.73 Å². The van der Waals surface area contributed by atoms with Crippen molar-refractivity contribution in [2.75, 3.05) is 7.05 Å². The van der Waals surface area contributed by atoms with Gasteiger partial charge in [-0.15, -0.1) is 0 Å². The lowest BCUT2D eigenvalue weighted by molar-refractivity contribution is -0.140. The van der Waals surface area contributed by atoms with E-state index in [0.717, 1.165) is 19.3 Å². The Kier molecular flexibility index (Phi) is 4.19. The molecule has 0 spiro atoms. The molecular formula is C17H26N2O. The van der Waals surface area contributed by atoms with Gasteiger partial charge >= 0.3 is 0 Å². The molecule has 1 amide bonds. The van der Waals surface area contributed by atoms with Crippen molar-refractivity contribution in [3.05, 3.63) is 34.9 Å². The third-order valence-electron chi connectivity index (χ3n) is 4.77. The zero-order valence-electron chi connectivity index (χ0n) is 13.1. The molecule has 3 heteroatoms. The van der Waals surface area contributed by atoms with Crippen molar-refractivity contribution in [2.24, 2.45) is 11.1 Å². The summed E-state index contributed by atoms with van der Waals surface area (Å²) in [7, 11) is 1.89. The molecule has 1 aliphatic carbocycles. The largest absolute Gasteiger partial charge is 0.341 e. The molecule has 2 rings (SSSR count). The molecule has 3 nitrogen and oxygen atoms in total. The SMILES string of the molecule is Cc1ccc(CN(C)C(=O)C2(C)CCCC2N)c(C)c1. The lowest BCUT2D eigenvalue weighted by Crippen LogP contribution is -2.47. The third kappa shape index (κ3) is 2.73. The number of amides is 1. The third-order valence-corrected chi connectivity index (χ3v) is 4.77. The van der Waals surface area contributed by atoms with Crippen LogP contribution in [-0.2, 0) is 11.3 Å². The maximum atomic E-state index is 12.7. The predicted molar refractivity (Wildman–Crippen MR) is 82.3 cm³/mol. The number of nitrogens with zero attached hydrogens (tertiary/aromatic N) is 1. The van der Waals surface area contributed by atoms with Gasteiger partial charge in [-0.2, -0.15) is 0 Å². The van der Waals surface area contributed by atoms with Crippen molar-refractivity contribution < 1.29 is 4.79 Å². The number of carbonyl (C=O) groups is 1. The number of hydrogen-bond acceptors (Lipinski definition) is 2. The molecule has 20 heavy (non-hydrogen) atoms. The van der Waals surface area contributed by atoms with Crippen molar-refractivity contribution >= 4 is 5.91 Å². The average molecular weight is 274 g/mol. The van der Waals surface area contributed by atoms with Crippen molar-refractivity contribution in [3.8, 4) is 0 Å². The van der Waals surface area contributed by atoms with Crippen LogP contribution in [0.15, 0.2) is 18.2 Å². The molecule has 0 radical (unpaired) electrons. The highest BCUT2D eigenvalue weighted by molar-refractivity contribution is 5.83. The van der Waals surface area contributed by atoms with E-state index < -0.39 is 0 Å². The van der Waals surface area contributed by atoms with Crippen LogP contribution in [0.25, 0.3) is 0 Å². The molecule has 0 bridgehead atoms. The summed E-state index contributed by atoms with van der Waals surface area (Å²) in [6.45, 7) is 6.87. The van der Waals surface area contributed by atoms with Gasteiger partial charge in [-0.1, -0.05) is 30.2 Å². The standard InChI is InChI=1S/C17H26N2O/c1-12-7-8-14(13(2)10-12)11-19(4)16(20)17(3)9-5-6-15(17)18/h7-8,10,15H,5-6,9,11,18H2,1-4H3. The van der Waals surface area contributed by atoms with Gasteiger partial charge in [-0.25, -0.2) is 0 Å². The Bertz CT molecular complexity index is 512. The summed E-state index contributed by atoms with van der Waals surface area (Å²) < 4.78 is 0. The first-order valence-corrected chi connectivity index (χ1v) is 7.42. The molecule has 2 atom stereocenters. The van der Waals surface area contributed by atoms with Gasteiger partial charge in [0.15, 0.2) is 0 Å². The van der Waals surface area contributed by atoms with E-state index in [4.69, 9.17) is 5.73 Å². The molecule has 110 valence electrons. The molecule has 1 saturated carbocycles. The molecule has 0 aliphatic heterocycles. The Morgan fingerprint density at radius 3 is 2.70 bits per heavy atom. The van der Waals surface area contributed by atoms with Crippen molar-refractivity contribution in [1.29, 1.82) is 0 Å². The van der Waals surface area contributed by atoms with Crippen LogP contribution in [0.4, 0.5) is 0 Å². The van der Waals surface area contributed by atoms with Gasteiger partial charge < -0.3 is 10.6 Å².